The molecule has 2 heterocycles. The Hall–Kier alpha value is -0.850. The van der Waals surface area contributed by atoms with E-state index in [-0.39, 0.29) is 11.0 Å². The molecule has 0 atom stereocenters. The lowest BCUT2D eigenvalue weighted by atomic mass is 9.79. The maximum absolute atomic E-state index is 5.57. The normalized spacial score (nSPS) is 27.3. The third-order valence-corrected chi connectivity index (χ3v) is 5.86. The first-order chi connectivity index (χ1) is 11.7. The molecule has 6 nitrogen and oxygen atoms in total. The zero-order valence-corrected chi connectivity index (χ0v) is 15.4. The molecule has 0 amide bonds. The van der Waals surface area contributed by atoms with Crippen molar-refractivity contribution in [2.45, 2.75) is 44.6 Å². The number of rotatable bonds is 5. The molecule has 0 unspecified atom stereocenters. The van der Waals surface area contributed by atoms with Crippen molar-refractivity contribution in [2.24, 2.45) is 10.4 Å². The molecule has 2 saturated heterocycles. The molecule has 2 N–H and O–H groups in total. The maximum atomic E-state index is 5.57. The minimum absolute atomic E-state index is 0.254. The highest BCUT2D eigenvalue weighted by atomic mass is 16.5. The number of hydrogen-bond donors (Lipinski definition) is 2. The van der Waals surface area contributed by atoms with E-state index < -0.39 is 0 Å². The van der Waals surface area contributed by atoms with Crippen LogP contribution >= 0.6 is 0 Å². The number of guanidine groups is 1. The van der Waals surface area contributed by atoms with Crippen LogP contribution in [0.15, 0.2) is 4.99 Å². The quantitative estimate of drug-likeness (QED) is 0.583. The fourth-order valence-electron chi connectivity index (χ4n) is 4.17. The van der Waals surface area contributed by atoms with Gasteiger partial charge in [0.1, 0.15) is 0 Å². The van der Waals surface area contributed by atoms with Crippen molar-refractivity contribution in [3.63, 3.8) is 0 Å². The Labute approximate surface area is 146 Å². The smallest absolute Gasteiger partial charge is 0.191 e. The van der Waals surface area contributed by atoms with E-state index in [1.807, 2.05) is 7.05 Å². The second-order valence-corrected chi connectivity index (χ2v) is 7.97. The summed E-state index contributed by atoms with van der Waals surface area (Å²) < 4.78 is 10.9. The molecule has 1 saturated carbocycles. The predicted octanol–water partition coefficient (Wildman–Crippen LogP) is 1.22. The molecular formula is C18H34N4O2. The molecule has 24 heavy (non-hydrogen) atoms. The first-order valence-electron chi connectivity index (χ1n) is 9.51. The minimum atomic E-state index is 0.254. The lowest BCUT2D eigenvalue weighted by molar-refractivity contribution is -0.0971. The summed E-state index contributed by atoms with van der Waals surface area (Å²) >= 11 is 0. The van der Waals surface area contributed by atoms with Gasteiger partial charge in [-0.2, -0.15) is 0 Å². The minimum Gasteiger partial charge on any atom is -0.380 e. The molecule has 0 aromatic rings. The topological polar surface area (TPSA) is 58.1 Å². The highest BCUT2D eigenvalue weighted by Gasteiger charge is 2.39. The first-order valence-corrected chi connectivity index (χ1v) is 9.51. The van der Waals surface area contributed by atoms with E-state index in [4.69, 9.17) is 9.47 Å². The van der Waals surface area contributed by atoms with Crippen molar-refractivity contribution in [3.8, 4) is 0 Å². The molecule has 138 valence electrons. The maximum Gasteiger partial charge on any atom is 0.191 e. The van der Waals surface area contributed by atoms with Crippen molar-refractivity contribution in [1.82, 2.24) is 15.5 Å². The molecule has 0 aromatic heterocycles. The monoisotopic (exact) mass is 338 g/mol. The number of nitrogens with zero attached hydrogens (tertiary/aromatic N) is 2. The number of ether oxygens (including phenoxy) is 2. The van der Waals surface area contributed by atoms with Crippen LogP contribution in [0.2, 0.25) is 0 Å². The first kappa shape index (κ1) is 18.0. The van der Waals surface area contributed by atoms with Crippen LogP contribution in [0.4, 0.5) is 0 Å². The highest BCUT2D eigenvalue weighted by molar-refractivity contribution is 5.79. The van der Waals surface area contributed by atoms with Crippen LogP contribution in [0, 0.1) is 5.41 Å². The Morgan fingerprint density at radius 1 is 1.00 bits per heavy atom. The van der Waals surface area contributed by atoms with Crippen LogP contribution in [0.5, 0.6) is 0 Å². The molecule has 6 heteroatoms. The molecule has 3 rings (SSSR count). The largest absolute Gasteiger partial charge is 0.380 e. The number of nitrogens with one attached hydrogen (secondary N) is 2. The average molecular weight is 338 g/mol. The standard InChI is InChI=1S/C18H34N4O2/c1-17(14-24-15-17)12-20-16(19-2)21-13-18(6-4-3-5-7-18)22-8-10-23-11-9-22/h3-15H2,1-2H3,(H2,19,20,21). The molecule has 0 aromatic carbocycles. The lowest BCUT2D eigenvalue weighted by Gasteiger charge is -2.48. The number of aliphatic imine (C=N–C) groups is 1. The van der Waals surface area contributed by atoms with Crippen LogP contribution in [0.3, 0.4) is 0 Å². The van der Waals surface area contributed by atoms with E-state index in [9.17, 15) is 0 Å². The summed E-state index contributed by atoms with van der Waals surface area (Å²) in [6.45, 7) is 9.68. The van der Waals surface area contributed by atoms with Crippen molar-refractivity contribution < 1.29 is 9.47 Å². The van der Waals surface area contributed by atoms with Crippen molar-refractivity contribution in [1.29, 1.82) is 0 Å². The van der Waals surface area contributed by atoms with Gasteiger partial charge in [0.15, 0.2) is 5.96 Å². The van der Waals surface area contributed by atoms with Crippen molar-refractivity contribution >= 4 is 5.96 Å². The van der Waals surface area contributed by atoms with E-state index in [0.29, 0.717) is 0 Å². The van der Waals surface area contributed by atoms with Gasteiger partial charge in [-0.15, -0.1) is 0 Å². The van der Waals surface area contributed by atoms with Gasteiger partial charge in [-0.05, 0) is 12.8 Å². The van der Waals surface area contributed by atoms with E-state index in [1.165, 1.54) is 32.1 Å². The lowest BCUT2D eigenvalue weighted by Crippen LogP contribution is -2.61. The average Bonchev–Trinajstić information content (AvgIpc) is 2.62. The summed E-state index contributed by atoms with van der Waals surface area (Å²) in [4.78, 5) is 7.08. The Balaban J connectivity index is 1.55. The third-order valence-electron chi connectivity index (χ3n) is 5.86. The van der Waals surface area contributed by atoms with Gasteiger partial charge in [0.2, 0.25) is 0 Å². The summed E-state index contributed by atoms with van der Waals surface area (Å²) in [7, 11) is 1.86. The second-order valence-electron chi connectivity index (χ2n) is 7.97. The predicted molar refractivity (Wildman–Crippen MR) is 96.5 cm³/mol. The van der Waals surface area contributed by atoms with Crippen molar-refractivity contribution in [3.05, 3.63) is 0 Å². The van der Waals surface area contributed by atoms with Crippen LogP contribution in [0.1, 0.15) is 39.0 Å². The van der Waals surface area contributed by atoms with Crippen LogP contribution in [0.25, 0.3) is 0 Å². The van der Waals surface area contributed by atoms with Gasteiger partial charge in [0, 0.05) is 44.2 Å². The van der Waals surface area contributed by atoms with Gasteiger partial charge in [0.25, 0.3) is 0 Å². The van der Waals surface area contributed by atoms with E-state index >= 15 is 0 Å². The molecule has 2 aliphatic heterocycles. The van der Waals surface area contributed by atoms with Crippen LogP contribution < -0.4 is 10.6 Å². The number of morpholine rings is 1. The Bertz CT molecular complexity index is 425. The van der Waals surface area contributed by atoms with Gasteiger partial charge in [-0.25, -0.2) is 0 Å². The van der Waals surface area contributed by atoms with Gasteiger partial charge in [0.05, 0.1) is 26.4 Å². The Morgan fingerprint density at radius 2 is 1.67 bits per heavy atom. The van der Waals surface area contributed by atoms with Crippen LogP contribution in [-0.2, 0) is 9.47 Å². The van der Waals surface area contributed by atoms with Crippen LogP contribution in [-0.4, -0.2) is 76.1 Å². The molecular weight excluding hydrogens is 304 g/mol. The van der Waals surface area contributed by atoms with Gasteiger partial charge < -0.3 is 20.1 Å². The SMILES string of the molecule is CN=C(NCC1(C)COC1)NCC1(N2CCOCC2)CCCCC1. The fourth-order valence-corrected chi connectivity index (χ4v) is 4.17. The summed E-state index contributed by atoms with van der Waals surface area (Å²) in [5.41, 5.74) is 0.521. The Morgan fingerprint density at radius 3 is 2.25 bits per heavy atom. The molecule has 1 aliphatic carbocycles. The number of hydrogen-bond acceptors (Lipinski definition) is 4. The zero-order chi connectivity index (χ0) is 16.9. The molecule has 0 spiro atoms. The fraction of sp³-hybridized carbons (Fsp3) is 0.944. The van der Waals surface area contributed by atoms with Crippen molar-refractivity contribution in [2.75, 3.05) is 59.7 Å². The van der Waals surface area contributed by atoms with E-state index in [2.05, 4.69) is 27.4 Å². The molecule has 0 radical (unpaired) electrons. The van der Waals surface area contributed by atoms with E-state index in [0.717, 1.165) is 58.6 Å². The molecule has 3 aliphatic rings. The van der Waals surface area contributed by atoms with Gasteiger partial charge in [-0.1, -0.05) is 26.2 Å². The zero-order valence-electron chi connectivity index (χ0n) is 15.4. The second kappa shape index (κ2) is 8.02. The van der Waals surface area contributed by atoms with Gasteiger partial charge in [-0.3, -0.25) is 9.89 Å². The van der Waals surface area contributed by atoms with Gasteiger partial charge >= 0.3 is 0 Å². The summed E-state index contributed by atoms with van der Waals surface area (Å²) in [6, 6.07) is 0. The third kappa shape index (κ3) is 4.21. The summed E-state index contributed by atoms with van der Waals surface area (Å²) in [6.07, 6.45) is 6.60. The summed E-state index contributed by atoms with van der Waals surface area (Å²) in [5.74, 6) is 0.918. The molecule has 0 bridgehead atoms. The summed E-state index contributed by atoms with van der Waals surface area (Å²) in [5, 5.41) is 7.10. The highest BCUT2D eigenvalue weighted by Crippen LogP contribution is 2.33. The molecule has 3 fully saturated rings. The van der Waals surface area contributed by atoms with E-state index in [1.54, 1.807) is 0 Å². The Kier molecular flexibility index (Phi) is 6.00.